The van der Waals surface area contributed by atoms with Crippen molar-refractivity contribution in [3.8, 4) is 0 Å². The molecule has 1 atom stereocenters. The van der Waals surface area contributed by atoms with Crippen molar-refractivity contribution < 1.29 is 13.2 Å². The van der Waals surface area contributed by atoms with Gasteiger partial charge in [-0.1, -0.05) is 19.1 Å². The molecule has 1 saturated heterocycles. The van der Waals surface area contributed by atoms with Crippen LogP contribution in [-0.4, -0.2) is 48.8 Å². The van der Waals surface area contributed by atoms with E-state index < -0.39 is 15.3 Å². The van der Waals surface area contributed by atoms with Crippen LogP contribution in [0, 0.1) is 0 Å². The fourth-order valence-electron chi connectivity index (χ4n) is 2.23. The standard InChI is InChI=1S/C11H22N2O3S2/c1-3-10(11(12)17)18(14,15)13-7-5-9(6-8-13)16-4-2/h9-10H,3-8H2,1-2H3,(H2,12,17). The van der Waals surface area contributed by atoms with Crippen molar-refractivity contribution in [1.82, 2.24) is 4.31 Å². The zero-order chi connectivity index (χ0) is 13.8. The monoisotopic (exact) mass is 294 g/mol. The van der Waals surface area contributed by atoms with Gasteiger partial charge in [-0.2, -0.15) is 0 Å². The summed E-state index contributed by atoms with van der Waals surface area (Å²) in [6, 6.07) is 0. The smallest absolute Gasteiger partial charge is 0.223 e. The van der Waals surface area contributed by atoms with Crippen molar-refractivity contribution in [3.05, 3.63) is 0 Å². The number of ether oxygens (including phenoxy) is 1. The van der Waals surface area contributed by atoms with Gasteiger partial charge in [0.1, 0.15) is 5.25 Å². The molecule has 0 aromatic heterocycles. The number of nitrogens with two attached hydrogens (primary N) is 1. The first-order chi connectivity index (χ1) is 8.43. The van der Waals surface area contributed by atoms with Gasteiger partial charge in [0.25, 0.3) is 0 Å². The number of sulfonamides is 1. The largest absolute Gasteiger partial charge is 0.392 e. The zero-order valence-corrected chi connectivity index (χ0v) is 12.6. The second-order valence-corrected chi connectivity index (χ2v) is 6.98. The van der Waals surface area contributed by atoms with Gasteiger partial charge in [-0.15, -0.1) is 0 Å². The summed E-state index contributed by atoms with van der Waals surface area (Å²) in [6.45, 7) is 5.39. The lowest BCUT2D eigenvalue weighted by atomic mass is 10.1. The molecular formula is C11H22N2O3S2. The molecule has 1 rings (SSSR count). The van der Waals surface area contributed by atoms with E-state index >= 15 is 0 Å². The minimum absolute atomic E-state index is 0.0597. The Hall–Kier alpha value is -0.240. The van der Waals surface area contributed by atoms with Crippen LogP contribution in [0.1, 0.15) is 33.1 Å². The van der Waals surface area contributed by atoms with Crippen molar-refractivity contribution in [3.63, 3.8) is 0 Å². The van der Waals surface area contributed by atoms with E-state index in [1.807, 2.05) is 6.92 Å². The van der Waals surface area contributed by atoms with E-state index in [0.717, 1.165) is 12.8 Å². The Balaban J connectivity index is 2.68. The van der Waals surface area contributed by atoms with Gasteiger partial charge in [-0.3, -0.25) is 0 Å². The maximum Gasteiger partial charge on any atom is 0.223 e. The molecule has 106 valence electrons. The summed E-state index contributed by atoms with van der Waals surface area (Å²) in [5.74, 6) is 0. The Morgan fingerprint density at radius 3 is 2.39 bits per heavy atom. The predicted molar refractivity (Wildman–Crippen MR) is 76.0 cm³/mol. The highest BCUT2D eigenvalue weighted by atomic mass is 32.2. The van der Waals surface area contributed by atoms with Crippen molar-refractivity contribution in [2.24, 2.45) is 5.73 Å². The molecule has 0 saturated carbocycles. The molecule has 18 heavy (non-hydrogen) atoms. The van der Waals surface area contributed by atoms with E-state index in [0.29, 0.717) is 26.1 Å². The first-order valence-corrected chi connectivity index (χ1v) is 8.24. The molecule has 1 heterocycles. The Labute approximate surface area is 115 Å². The molecule has 0 spiro atoms. The van der Waals surface area contributed by atoms with Crippen LogP contribution in [0.15, 0.2) is 0 Å². The molecule has 0 aromatic carbocycles. The van der Waals surface area contributed by atoms with Crippen LogP contribution in [0.4, 0.5) is 0 Å². The van der Waals surface area contributed by atoms with Crippen LogP contribution in [0.3, 0.4) is 0 Å². The Morgan fingerprint density at radius 2 is 2.00 bits per heavy atom. The van der Waals surface area contributed by atoms with Crippen molar-refractivity contribution in [2.45, 2.75) is 44.5 Å². The van der Waals surface area contributed by atoms with Crippen molar-refractivity contribution in [1.29, 1.82) is 0 Å². The quantitative estimate of drug-likeness (QED) is 0.736. The van der Waals surface area contributed by atoms with Crippen LogP contribution in [0.25, 0.3) is 0 Å². The van der Waals surface area contributed by atoms with Crippen LogP contribution >= 0.6 is 12.2 Å². The summed E-state index contributed by atoms with van der Waals surface area (Å²) >= 11 is 4.85. The lowest BCUT2D eigenvalue weighted by Crippen LogP contribution is -2.48. The molecule has 1 aliphatic heterocycles. The van der Waals surface area contributed by atoms with Crippen molar-refractivity contribution in [2.75, 3.05) is 19.7 Å². The highest BCUT2D eigenvalue weighted by molar-refractivity contribution is 7.92. The van der Waals surface area contributed by atoms with Gasteiger partial charge in [0, 0.05) is 19.7 Å². The maximum absolute atomic E-state index is 12.3. The maximum atomic E-state index is 12.3. The molecule has 1 aliphatic rings. The van der Waals surface area contributed by atoms with E-state index in [1.54, 1.807) is 6.92 Å². The van der Waals surface area contributed by atoms with Gasteiger partial charge in [0.2, 0.25) is 10.0 Å². The Kier molecular flexibility index (Phi) is 5.97. The van der Waals surface area contributed by atoms with Crippen LogP contribution in [0.5, 0.6) is 0 Å². The molecule has 0 amide bonds. The lowest BCUT2D eigenvalue weighted by molar-refractivity contribution is 0.0289. The third-order valence-electron chi connectivity index (χ3n) is 3.21. The summed E-state index contributed by atoms with van der Waals surface area (Å²) in [5.41, 5.74) is 5.52. The topological polar surface area (TPSA) is 72.6 Å². The third kappa shape index (κ3) is 3.63. The van der Waals surface area contributed by atoms with E-state index in [1.165, 1.54) is 4.31 Å². The lowest BCUT2D eigenvalue weighted by Gasteiger charge is -2.33. The number of nitrogens with zero attached hydrogens (tertiary/aromatic N) is 1. The molecule has 0 bridgehead atoms. The van der Waals surface area contributed by atoms with Gasteiger partial charge >= 0.3 is 0 Å². The van der Waals surface area contributed by atoms with E-state index in [4.69, 9.17) is 22.7 Å². The Bertz CT molecular complexity index is 376. The summed E-state index contributed by atoms with van der Waals surface area (Å²) in [5, 5.41) is -0.740. The van der Waals surface area contributed by atoms with Crippen LogP contribution in [0.2, 0.25) is 0 Å². The minimum Gasteiger partial charge on any atom is -0.392 e. The molecule has 5 nitrogen and oxygen atoms in total. The minimum atomic E-state index is -3.40. The van der Waals surface area contributed by atoms with Crippen molar-refractivity contribution >= 4 is 27.2 Å². The van der Waals surface area contributed by atoms with Gasteiger partial charge < -0.3 is 10.5 Å². The fourth-order valence-corrected chi connectivity index (χ4v) is 4.55. The van der Waals surface area contributed by atoms with Gasteiger partial charge in [-0.05, 0) is 26.2 Å². The molecule has 1 fully saturated rings. The molecule has 2 N–H and O–H groups in total. The van der Waals surface area contributed by atoms with Crippen LogP contribution < -0.4 is 5.73 Å². The zero-order valence-electron chi connectivity index (χ0n) is 11.0. The number of hydrogen-bond acceptors (Lipinski definition) is 4. The molecule has 0 aromatic rings. The highest BCUT2D eigenvalue weighted by Crippen LogP contribution is 2.20. The SMILES string of the molecule is CCOC1CCN(S(=O)(=O)C(CC)C(N)=S)CC1. The van der Waals surface area contributed by atoms with Gasteiger partial charge in [0.15, 0.2) is 0 Å². The van der Waals surface area contributed by atoms with E-state index in [9.17, 15) is 8.42 Å². The molecule has 0 aliphatic carbocycles. The van der Waals surface area contributed by atoms with Gasteiger partial charge in [0.05, 0.1) is 11.1 Å². The molecule has 0 radical (unpaired) electrons. The summed E-state index contributed by atoms with van der Waals surface area (Å²) in [4.78, 5) is 0.0597. The molecule has 1 unspecified atom stereocenters. The summed E-state index contributed by atoms with van der Waals surface area (Å²) in [6.07, 6.45) is 2.07. The third-order valence-corrected chi connectivity index (χ3v) is 6.04. The highest BCUT2D eigenvalue weighted by Gasteiger charge is 2.35. The number of piperidine rings is 1. The second-order valence-electron chi connectivity index (χ2n) is 4.40. The molecule has 7 heteroatoms. The first kappa shape index (κ1) is 15.8. The number of thiocarbonyl (C=S) groups is 1. The van der Waals surface area contributed by atoms with Gasteiger partial charge in [-0.25, -0.2) is 12.7 Å². The fraction of sp³-hybridized carbons (Fsp3) is 0.909. The van der Waals surface area contributed by atoms with E-state index in [2.05, 4.69) is 0 Å². The number of hydrogen-bond donors (Lipinski definition) is 1. The Morgan fingerprint density at radius 1 is 1.44 bits per heavy atom. The molecular weight excluding hydrogens is 272 g/mol. The number of rotatable bonds is 6. The summed E-state index contributed by atoms with van der Waals surface area (Å²) in [7, 11) is -3.40. The second kappa shape index (κ2) is 6.79. The predicted octanol–water partition coefficient (Wildman–Crippen LogP) is 0.882. The van der Waals surface area contributed by atoms with Crippen LogP contribution in [-0.2, 0) is 14.8 Å². The summed E-state index contributed by atoms with van der Waals surface area (Å²) < 4.78 is 31.7. The average molecular weight is 294 g/mol. The normalized spacial score (nSPS) is 20.8. The average Bonchev–Trinajstić information content (AvgIpc) is 2.30. The first-order valence-electron chi connectivity index (χ1n) is 6.33. The van der Waals surface area contributed by atoms with E-state index in [-0.39, 0.29) is 11.1 Å².